The molecular formula is C12H22N2O5S. The van der Waals surface area contributed by atoms with Gasteiger partial charge >= 0.3 is 5.97 Å². The zero-order valence-corrected chi connectivity index (χ0v) is 12.7. The van der Waals surface area contributed by atoms with Crippen LogP contribution in [-0.2, 0) is 14.4 Å². The third-order valence-electron chi connectivity index (χ3n) is 2.66. The molecule has 116 valence electrons. The third-order valence-corrected chi connectivity index (χ3v) is 3.31. The van der Waals surface area contributed by atoms with E-state index in [0.29, 0.717) is 12.2 Å². The first-order chi connectivity index (χ1) is 9.33. The lowest BCUT2D eigenvalue weighted by atomic mass is 10.1. The Morgan fingerprint density at radius 2 is 1.80 bits per heavy atom. The molecule has 0 bridgehead atoms. The second kappa shape index (κ2) is 9.60. The number of aliphatic carboxylic acids is 1. The molecule has 0 aliphatic heterocycles. The number of hydrogen-bond acceptors (Lipinski definition) is 5. The summed E-state index contributed by atoms with van der Waals surface area (Å²) in [7, 11) is 0. The molecule has 0 rings (SSSR count). The topological polar surface area (TPSA) is 116 Å². The van der Waals surface area contributed by atoms with Crippen molar-refractivity contribution in [2.75, 3.05) is 12.0 Å². The Labute approximate surface area is 122 Å². The Balaban J connectivity index is 4.65. The lowest BCUT2D eigenvalue weighted by molar-refractivity contribution is -0.142. The van der Waals surface area contributed by atoms with Gasteiger partial charge in [-0.05, 0) is 31.8 Å². The predicted octanol–water partition coefficient (Wildman–Crippen LogP) is -0.415. The highest BCUT2D eigenvalue weighted by Crippen LogP contribution is 2.03. The van der Waals surface area contributed by atoms with Gasteiger partial charge in [-0.2, -0.15) is 11.8 Å². The molecule has 4 N–H and O–H groups in total. The number of nitrogens with one attached hydrogen (secondary N) is 2. The van der Waals surface area contributed by atoms with Crippen LogP contribution < -0.4 is 10.6 Å². The summed E-state index contributed by atoms with van der Waals surface area (Å²) >= 11 is 1.50. The Kier molecular flexibility index (Phi) is 8.98. The van der Waals surface area contributed by atoms with E-state index in [-0.39, 0.29) is 6.42 Å². The van der Waals surface area contributed by atoms with Crippen LogP contribution in [0.25, 0.3) is 0 Å². The number of carbonyl (C=O) groups excluding carboxylic acids is 2. The van der Waals surface area contributed by atoms with Crippen molar-refractivity contribution in [3.8, 4) is 0 Å². The number of hydrogen-bond donors (Lipinski definition) is 4. The van der Waals surface area contributed by atoms with E-state index in [2.05, 4.69) is 10.6 Å². The number of aliphatic hydroxyl groups is 1. The molecule has 0 aromatic heterocycles. The van der Waals surface area contributed by atoms with Crippen LogP contribution in [0, 0.1) is 0 Å². The molecule has 1 unspecified atom stereocenters. The van der Waals surface area contributed by atoms with Gasteiger partial charge in [-0.3, -0.25) is 14.4 Å². The van der Waals surface area contributed by atoms with E-state index in [0.717, 1.165) is 0 Å². The molecule has 0 fully saturated rings. The van der Waals surface area contributed by atoms with Gasteiger partial charge in [-0.1, -0.05) is 6.92 Å². The van der Waals surface area contributed by atoms with Crippen molar-refractivity contribution in [2.45, 2.75) is 44.9 Å². The van der Waals surface area contributed by atoms with Crippen molar-refractivity contribution in [3.63, 3.8) is 0 Å². The molecule has 3 atom stereocenters. The fraction of sp³-hybridized carbons (Fsp3) is 0.750. The van der Waals surface area contributed by atoms with Crippen LogP contribution in [0.3, 0.4) is 0 Å². The van der Waals surface area contributed by atoms with Gasteiger partial charge in [-0.25, -0.2) is 0 Å². The van der Waals surface area contributed by atoms with Gasteiger partial charge in [0, 0.05) is 0 Å². The van der Waals surface area contributed by atoms with Crippen LogP contribution in [0.1, 0.15) is 26.7 Å². The lowest BCUT2D eigenvalue weighted by Crippen LogP contribution is -2.52. The van der Waals surface area contributed by atoms with E-state index in [1.54, 1.807) is 6.92 Å². The van der Waals surface area contributed by atoms with Crippen molar-refractivity contribution < 1.29 is 24.6 Å². The zero-order chi connectivity index (χ0) is 15.7. The number of rotatable bonds is 9. The smallest absolute Gasteiger partial charge is 0.325 e. The van der Waals surface area contributed by atoms with Gasteiger partial charge in [0.2, 0.25) is 11.8 Å². The molecule has 0 spiro atoms. The molecular weight excluding hydrogens is 284 g/mol. The molecule has 0 aliphatic rings. The van der Waals surface area contributed by atoms with Gasteiger partial charge in [0.05, 0.1) is 0 Å². The fourth-order valence-corrected chi connectivity index (χ4v) is 1.80. The monoisotopic (exact) mass is 306 g/mol. The summed E-state index contributed by atoms with van der Waals surface area (Å²) in [6.45, 7) is 2.99. The average molecular weight is 306 g/mol. The summed E-state index contributed by atoms with van der Waals surface area (Å²) in [5.74, 6) is -1.72. The highest BCUT2D eigenvalue weighted by molar-refractivity contribution is 7.98. The highest BCUT2D eigenvalue weighted by Gasteiger charge is 2.25. The molecule has 0 aromatic carbocycles. The minimum atomic E-state index is -1.17. The number of carbonyl (C=O) groups is 3. The van der Waals surface area contributed by atoms with Crippen LogP contribution in [-0.4, -0.2) is 58.2 Å². The van der Waals surface area contributed by atoms with Crippen molar-refractivity contribution in [1.82, 2.24) is 10.6 Å². The number of carboxylic acids is 1. The van der Waals surface area contributed by atoms with E-state index in [4.69, 9.17) is 5.11 Å². The summed E-state index contributed by atoms with van der Waals surface area (Å²) in [5, 5.41) is 22.9. The summed E-state index contributed by atoms with van der Waals surface area (Å²) in [4.78, 5) is 34.2. The third kappa shape index (κ3) is 6.76. The Morgan fingerprint density at radius 1 is 1.20 bits per heavy atom. The minimum Gasteiger partial charge on any atom is -0.480 e. The van der Waals surface area contributed by atoms with E-state index in [1.807, 2.05) is 6.26 Å². The normalized spacial score (nSPS) is 15.0. The van der Waals surface area contributed by atoms with Crippen molar-refractivity contribution in [3.05, 3.63) is 0 Å². The maximum Gasteiger partial charge on any atom is 0.325 e. The largest absolute Gasteiger partial charge is 0.480 e. The average Bonchev–Trinajstić information content (AvgIpc) is 2.41. The maximum absolute atomic E-state index is 11.9. The first-order valence-corrected chi connectivity index (χ1v) is 7.73. The van der Waals surface area contributed by atoms with Gasteiger partial charge in [-0.15, -0.1) is 0 Å². The second-order valence-corrected chi connectivity index (χ2v) is 5.32. The second-order valence-electron chi connectivity index (χ2n) is 4.34. The summed E-state index contributed by atoms with van der Waals surface area (Å²) in [6.07, 6.45) is 1.30. The Hall–Kier alpha value is -1.28. The number of amides is 2. The zero-order valence-electron chi connectivity index (χ0n) is 11.9. The molecule has 8 heteroatoms. The summed E-state index contributed by atoms with van der Waals surface area (Å²) in [5.41, 5.74) is 0. The summed E-state index contributed by atoms with van der Waals surface area (Å²) in [6, 6.07) is -1.88. The number of aliphatic hydroxyl groups excluding tert-OH is 1. The molecule has 0 radical (unpaired) electrons. The first-order valence-electron chi connectivity index (χ1n) is 6.34. The SMILES string of the molecule is CCC(O)C(=O)N[C@@H](CCSC)C(=O)N[C@@H](C)C(=O)O. The minimum absolute atomic E-state index is 0.244. The van der Waals surface area contributed by atoms with Crippen LogP contribution in [0.4, 0.5) is 0 Å². The summed E-state index contributed by atoms with van der Waals surface area (Å²) < 4.78 is 0. The number of carboxylic acid groups (broad SMARTS) is 1. The molecule has 20 heavy (non-hydrogen) atoms. The van der Waals surface area contributed by atoms with Crippen LogP contribution in [0.2, 0.25) is 0 Å². The fourth-order valence-electron chi connectivity index (χ4n) is 1.33. The Morgan fingerprint density at radius 3 is 2.25 bits per heavy atom. The van der Waals surface area contributed by atoms with E-state index in [1.165, 1.54) is 18.7 Å². The van der Waals surface area contributed by atoms with Crippen LogP contribution >= 0.6 is 11.8 Å². The molecule has 0 saturated heterocycles. The first kappa shape index (κ1) is 18.7. The lowest BCUT2D eigenvalue weighted by Gasteiger charge is -2.20. The van der Waals surface area contributed by atoms with E-state index < -0.39 is 36.0 Å². The van der Waals surface area contributed by atoms with Crippen molar-refractivity contribution in [2.24, 2.45) is 0 Å². The van der Waals surface area contributed by atoms with Crippen LogP contribution in [0.15, 0.2) is 0 Å². The standard InChI is InChI=1S/C12H22N2O5S/c1-4-9(15)11(17)14-8(5-6-20-3)10(16)13-7(2)12(18)19/h7-9,15H,4-6H2,1-3H3,(H,13,16)(H,14,17)(H,18,19)/t7-,8-,9?/m0/s1. The molecule has 0 aromatic rings. The van der Waals surface area contributed by atoms with E-state index in [9.17, 15) is 19.5 Å². The molecule has 0 aliphatic carbocycles. The van der Waals surface area contributed by atoms with E-state index >= 15 is 0 Å². The molecule has 7 nitrogen and oxygen atoms in total. The molecule has 2 amide bonds. The van der Waals surface area contributed by atoms with Gasteiger partial charge in [0.15, 0.2) is 0 Å². The maximum atomic E-state index is 11.9. The van der Waals surface area contributed by atoms with Crippen molar-refractivity contribution >= 4 is 29.5 Å². The van der Waals surface area contributed by atoms with Gasteiger partial charge < -0.3 is 20.8 Å². The quantitative estimate of drug-likeness (QED) is 0.460. The Bertz CT molecular complexity index is 351. The van der Waals surface area contributed by atoms with Gasteiger partial charge in [0.25, 0.3) is 0 Å². The molecule has 0 saturated carbocycles. The number of thioether (sulfide) groups is 1. The van der Waals surface area contributed by atoms with Crippen LogP contribution in [0.5, 0.6) is 0 Å². The predicted molar refractivity (Wildman–Crippen MR) is 76.5 cm³/mol. The van der Waals surface area contributed by atoms with Crippen molar-refractivity contribution in [1.29, 1.82) is 0 Å². The molecule has 0 heterocycles. The van der Waals surface area contributed by atoms with Gasteiger partial charge in [0.1, 0.15) is 18.2 Å². The highest BCUT2D eigenvalue weighted by atomic mass is 32.2.